The first-order valence-corrected chi connectivity index (χ1v) is 3.93. The minimum Gasteiger partial charge on any atom is -0.296 e. The Morgan fingerprint density at radius 1 is 1.45 bits per heavy atom. The third-order valence-corrected chi connectivity index (χ3v) is 2.16. The molecule has 11 heavy (non-hydrogen) atoms. The van der Waals surface area contributed by atoms with Crippen molar-refractivity contribution in [1.29, 1.82) is 0 Å². The molecule has 1 atom stereocenters. The molecule has 0 aromatic rings. The monoisotopic (exact) mass is 156 g/mol. The van der Waals surface area contributed by atoms with Gasteiger partial charge in [-0.3, -0.25) is 4.79 Å². The van der Waals surface area contributed by atoms with Gasteiger partial charge in [0.05, 0.1) is 0 Å². The third kappa shape index (κ3) is 1.88. The van der Waals surface area contributed by atoms with Crippen LogP contribution >= 0.6 is 0 Å². The van der Waals surface area contributed by atoms with Crippen molar-refractivity contribution in [2.45, 2.75) is 39.3 Å². The number of allylic oxidation sites excluding steroid dienone is 2. The van der Waals surface area contributed by atoms with E-state index in [1.807, 2.05) is 13.8 Å². The predicted octanol–water partition coefficient (Wildman–Crippen LogP) is 2.41. The van der Waals surface area contributed by atoms with Crippen molar-refractivity contribution >= 4 is 5.78 Å². The van der Waals surface area contributed by atoms with Crippen LogP contribution in [0.5, 0.6) is 0 Å². The van der Waals surface area contributed by atoms with Gasteiger partial charge in [-0.1, -0.05) is 11.1 Å². The number of ketones is 1. The zero-order valence-electron chi connectivity index (χ0n) is 6.98. The number of carbonyl (C=O) groups is 1. The highest BCUT2D eigenvalue weighted by Crippen LogP contribution is 2.25. The summed E-state index contributed by atoms with van der Waals surface area (Å²) in [5.41, 5.74) is 2.29. The Balaban J connectivity index is 2.67. The number of alkyl halides is 1. The summed E-state index contributed by atoms with van der Waals surface area (Å²) in [6, 6.07) is 0. The second-order valence-electron chi connectivity index (χ2n) is 3.24. The van der Waals surface area contributed by atoms with Crippen LogP contribution in [0.2, 0.25) is 0 Å². The van der Waals surface area contributed by atoms with Crippen LogP contribution in [0, 0.1) is 0 Å². The lowest BCUT2D eigenvalue weighted by atomic mass is 9.90. The lowest BCUT2D eigenvalue weighted by Gasteiger charge is -2.18. The van der Waals surface area contributed by atoms with Crippen molar-refractivity contribution in [3.8, 4) is 0 Å². The van der Waals surface area contributed by atoms with Crippen LogP contribution in [0.3, 0.4) is 0 Å². The van der Waals surface area contributed by atoms with Crippen LogP contribution < -0.4 is 0 Å². The van der Waals surface area contributed by atoms with Crippen molar-refractivity contribution in [3.05, 3.63) is 11.1 Å². The second kappa shape index (κ2) is 3.16. The van der Waals surface area contributed by atoms with Crippen LogP contribution in [-0.2, 0) is 4.79 Å². The molecule has 0 amide bonds. The first kappa shape index (κ1) is 8.44. The fourth-order valence-corrected chi connectivity index (χ4v) is 1.32. The molecular weight excluding hydrogens is 143 g/mol. The Kier molecular flexibility index (Phi) is 2.42. The zero-order chi connectivity index (χ0) is 8.43. The van der Waals surface area contributed by atoms with Gasteiger partial charge in [-0.2, -0.15) is 0 Å². The first-order chi connectivity index (χ1) is 5.11. The zero-order valence-corrected chi connectivity index (χ0v) is 6.98. The molecule has 0 spiro atoms. The molecule has 1 unspecified atom stereocenters. The Bertz CT molecular complexity index is 202. The summed E-state index contributed by atoms with van der Waals surface area (Å²) < 4.78 is 12.8. The van der Waals surface area contributed by atoms with E-state index in [0.29, 0.717) is 12.8 Å². The maximum Gasteiger partial charge on any atom is 0.167 e. The van der Waals surface area contributed by atoms with E-state index in [-0.39, 0.29) is 5.78 Å². The van der Waals surface area contributed by atoms with E-state index in [1.54, 1.807) is 0 Å². The van der Waals surface area contributed by atoms with Crippen LogP contribution in [0.25, 0.3) is 0 Å². The average molecular weight is 156 g/mol. The quantitative estimate of drug-likeness (QED) is 0.492. The fraction of sp³-hybridized carbons (Fsp3) is 0.667. The summed E-state index contributed by atoms with van der Waals surface area (Å²) in [4.78, 5) is 10.8. The maximum atomic E-state index is 12.8. The van der Waals surface area contributed by atoms with Crippen LogP contribution in [0.4, 0.5) is 4.39 Å². The third-order valence-electron chi connectivity index (χ3n) is 2.16. The SMILES string of the molecule is CC(C)=C1CCC(=O)C(F)C1. The van der Waals surface area contributed by atoms with Crippen molar-refractivity contribution in [1.82, 2.24) is 0 Å². The lowest BCUT2D eigenvalue weighted by molar-refractivity contribution is -0.124. The van der Waals surface area contributed by atoms with E-state index < -0.39 is 6.17 Å². The number of halogens is 1. The van der Waals surface area contributed by atoms with Crippen molar-refractivity contribution in [3.63, 3.8) is 0 Å². The van der Waals surface area contributed by atoms with Gasteiger partial charge in [-0.15, -0.1) is 0 Å². The van der Waals surface area contributed by atoms with Gasteiger partial charge in [0.1, 0.15) is 0 Å². The van der Waals surface area contributed by atoms with E-state index in [9.17, 15) is 9.18 Å². The van der Waals surface area contributed by atoms with E-state index >= 15 is 0 Å². The number of hydrogen-bond acceptors (Lipinski definition) is 1. The van der Waals surface area contributed by atoms with Gasteiger partial charge < -0.3 is 0 Å². The predicted molar refractivity (Wildman–Crippen MR) is 42.1 cm³/mol. The highest BCUT2D eigenvalue weighted by Gasteiger charge is 2.24. The molecule has 1 saturated carbocycles. The van der Waals surface area contributed by atoms with Gasteiger partial charge in [0.25, 0.3) is 0 Å². The summed E-state index contributed by atoms with van der Waals surface area (Å²) in [5.74, 6) is -0.227. The molecule has 0 aromatic carbocycles. The van der Waals surface area contributed by atoms with Crippen LogP contribution in [-0.4, -0.2) is 12.0 Å². The molecule has 1 aliphatic carbocycles. The van der Waals surface area contributed by atoms with E-state index in [1.165, 1.54) is 5.57 Å². The van der Waals surface area contributed by atoms with Gasteiger partial charge in [0, 0.05) is 12.8 Å². The summed E-state index contributed by atoms with van der Waals surface area (Å²) in [6.07, 6.45) is 0.262. The van der Waals surface area contributed by atoms with Gasteiger partial charge in [-0.25, -0.2) is 4.39 Å². The topological polar surface area (TPSA) is 17.1 Å². The standard InChI is InChI=1S/C9H13FO/c1-6(2)7-3-4-9(11)8(10)5-7/h8H,3-5H2,1-2H3. The fourth-order valence-electron chi connectivity index (χ4n) is 1.32. The lowest BCUT2D eigenvalue weighted by Crippen LogP contribution is -2.21. The Labute approximate surface area is 66.3 Å². The van der Waals surface area contributed by atoms with Crippen molar-refractivity contribution in [2.24, 2.45) is 0 Å². The molecular formula is C9H13FO. The second-order valence-corrected chi connectivity index (χ2v) is 3.24. The average Bonchev–Trinajstić information content (AvgIpc) is 1.94. The Morgan fingerprint density at radius 2 is 2.09 bits per heavy atom. The first-order valence-electron chi connectivity index (χ1n) is 3.93. The summed E-state index contributed by atoms with van der Waals surface area (Å²) in [7, 11) is 0. The van der Waals surface area contributed by atoms with Crippen molar-refractivity contribution < 1.29 is 9.18 Å². The summed E-state index contributed by atoms with van der Waals surface area (Å²) in [6.45, 7) is 3.94. The minimum atomic E-state index is -1.23. The highest BCUT2D eigenvalue weighted by atomic mass is 19.1. The molecule has 1 aliphatic rings. The van der Waals surface area contributed by atoms with Gasteiger partial charge >= 0.3 is 0 Å². The molecule has 2 heteroatoms. The molecule has 62 valence electrons. The van der Waals surface area contributed by atoms with Gasteiger partial charge in [0.15, 0.2) is 12.0 Å². The molecule has 0 radical (unpaired) electrons. The minimum absolute atomic E-state index is 0.227. The maximum absolute atomic E-state index is 12.8. The molecule has 1 nitrogen and oxygen atoms in total. The van der Waals surface area contributed by atoms with Gasteiger partial charge in [-0.05, 0) is 20.3 Å². The smallest absolute Gasteiger partial charge is 0.167 e. The van der Waals surface area contributed by atoms with Gasteiger partial charge in [0.2, 0.25) is 0 Å². The molecule has 0 aromatic heterocycles. The molecule has 0 aliphatic heterocycles. The number of carbonyl (C=O) groups excluding carboxylic acids is 1. The molecule has 1 fully saturated rings. The molecule has 0 N–H and O–H groups in total. The van der Waals surface area contributed by atoms with Crippen LogP contribution in [0.15, 0.2) is 11.1 Å². The Morgan fingerprint density at radius 3 is 2.55 bits per heavy atom. The summed E-state index contributed by atoms with van der Waals surface area (Å²) in [5, 5.41) is 0. The Hall–Kier alpha value is -0.660. The van der Waals surface area contributed by atoms with Crippen LogP contribution in [0.1, 0.15) is 33.1 Å². The molecule has 1 rings (SSSR count). The highest BCUT2D eigenvalue weighted by molar-refractivity contribution is 5.84. The van der Waals surface area contributed by atoms with E-state index in [0.717, 1.165) is 12.0 Å². The number of rotatable bonds is 0. The molecule has 0 saturated heterocycles. The normalized spacial score (nSPS) is 25.5. The van der Waals surface area contributed by atoms with E-state index in [2.05, 4.69) is 0 Å². The largest absolute Gasteiger partial charge is 0.296 e. The number of Topliss-reactive ketones (excluding diaryl/α,β-unsaturated/α-hetero) is 1. The van der Waals surface area contributed by atoms with E-state index in [4.69, 9.17) is 0 Å². The molecule has 0 bridgehead atoms. The molecule has 0 heterocycles. The summed E-state index contributed by atoms with van der Waals surface area (Å²) >= 11 is 0. The number of hydrogen-bond donors (Lipinski definition) is 0. The van der Waals surface area contributed by atoms with Crippen molar-refractivity contribution in [2.75, 3.05) is 0 Å².